The summed E-state index contributed by atoms with van der Waals surface area (Å²) in [4.78, 5) is 11.0. The summed E-state index contributed by atoms with van der Waals surface area (Å²) >= 11 is 1.80. The van der Waals surface area contributed by atoms with Crippen LogP contribution in [0.15, 0.2) is 58.9 Å². The van der Waals surface area contributed by atoms with Gasteiger partial charge in [0.2, 0.25) is 0 Å². The van der Waals surface area contributed by atoms with Crippen LogP contribution in [0.5, 0.6) is 5.75 Å². The number of aromatic hydroxyl groups is 1. The second-order valence-electron chi connectivity index (χ2n) is 7.08. The van der Waals surface area contributed by atoms with Gasteiger partial charge in [-0.15, -0.1) is 11.3 Å². The van der Waals surface area contributed by atoms with Crippen molar-refractivity contribution in [2.24, 2.45) is 4.99 Å². The third-order valence-electron chi connectivity index (χ3n) is 5.30. The van der Waals surface area contributed by atoms with Gasteiger partial charge in [-0.3, -0.25) is 9.89 Å². The predicted molar refractivity (Wildman–Crippen MR) is 114 cm³/mol. The van der Waals surface area contributed by atoms with Crippen LogP contribution in [0.4, 0.5) is 0 Å². The molecule has 0 radical (unpaired) electrons. The van der Waals surface area contributed by atoms with E-state index in [1.807, 2.05) is 30.5 Å². The average molecular weight is 380 g/mol. The molecule has 1 saturated heterocycles. The number of hydrogen-bond donors (Lipinski definition) is 1. The molecule has 0 amide bonds. The molecule has 0 bridgehead atoms. The molecule has 1 fully saturated rings. The molecule has 1 aliphatic heterocycles. The fourth-order valence-corrected chi connectivity index (χ4v) is 4.52. The van der Waals surface area contributed by atoms with Crippen molar-refractivity contribution in [3.8, 4) is 5.75 Å². The number of thiophene rings is 1. The van der Waals surface area contributed by atoms with E-state index in [1.54, 1.807) is 17.4 Å². The number of benzene rings is 2. The van der Waals surface area contributed by atoms with Crippen LogP contribution in [-0.2, 0) is 0 Å². The number of rotatable bonds is 5. The standard InChI is InChI=1S/C22H25N3OS/c1-24-10-12-25(13-11-24)20(22-7-4-14-27-22)16-23-15-19-18-6-3-2-5-17(18)8-9-21(19)26/h2-9,14-15,20,26H,10-13,16H2,1H3/t20-/m1/s1. The van der Waals surface area contributed by atoms with Crippen molar-refractivity contribution in [2.45, 2.75) is 6.04 Å². The van der Waals surface area contributed by atoms with E-state index in [4.69, 9.17) is 4.99 Å². The van der Waals surface area contributed by atoms with Gasteiger partial charge in [-0.05, 0) is 35.3 Å². The molecule has 1 aliphatic rings. The maximum atomic E-state index is 10.3. The number of aliphatic imine (C=N–C) groups is 1. The minimum atomic E-state index is 0.282. The van der Waals surface area contributed by atoms with E-state index in [9.17, 15) is 5.11 Å². The summed E-state index contributed by atoms with van der Waals surface area (Å²) in [6, 6.07) is 16.4. The maximum Gasteiger partial charge on any atom is 0.124 e. The van der Waals surface area contributed by atoms with Gasteiger partial charge in [-0.2, -0.15) is 0 Å². The van der Waals surface area contributed by atoms with Gasteiger partial charge in [0.05, 0.1) is 12.6 Å². The zero-order valence-corrected chi connectivity index (χ0v) is 16.4. The monoisotopic (exact) mass is 379 g/mol. The first-order valence-corrected chi connectivity index (χ1v) is 10.3. The van der Waals surface area contributed by atoms with E-state index >= 15 is 0 Å². The molecule has 5 heteroatoms. The molecular weight excluding hydrogens is 354 g/mol. The third-order valence-corrected chi connectivity index (χ3v) is 6.27. The van der Waals surface area contributed by atoms with Gasteiger partial charge in [0.15, 0.2) is 0 Å². The van der Waals surface area contributed by atoms with Crippen molar-refractivity contribution in [3.63, 3.8) is 0 Å². The Morgan fingerprint density at radius 1 is 1.07 bits per heavy atom. The van der Waals surface area contributed by atoms with E-state index in [1.165, 1.54) is 4.88 Å². The van der Waals surface area contributed by atoms with Crippen molar-refractivity contribution in [3.05, 3.63) is 64.4 Å². The number of likely N-dealkylation sites (N-methyl/N-ethyl adjacent to an activating group) is 1. The third kappa shape index (κ3) is 4.05. The average Bonchev–Trinajstić information content (AvgIpc) is 3.22. The highest BCUT2D eigenvalue weighted by atomic mass is 32.1. The molecule has 4 rings (SSSR count). The van der Waals surface area contributed by atoms with E-state index in [-0.39, 0.29) is 5.75 Å². The Hall–Kier alpha value is -2.21. The summed E-state index contributed by atoms with van der Waals surface area (Å²) in [6.07, 6.45) is 1.84. The molecule has 2 heterocycles. The SMILES string of the molecule is CN1CCN([C@H](CN=Cc2c(O)ccc3ccccc23)c2cccs2)CC1. The molecule has 1 N–H and O–H groups in total. The molecule has 4 nitrogen and oxygen atoms in total. The van der Waals surface area contributed by atoms with Gasteiger partial charge in [-0.25, -0.2) is 0 Å². The van der Waals surface area contributed by atoms with Gasteiger partial charge in [-0.1, -0.05) is 36.4 Å². The molecule has 1 atom stereocenters. The Balaban J connectivity index is 1.57. The molecule has 2 aromatic carbocycles. The molecule has 0 spiro atoms. The fraction of sp³-hybridized carbons (Fsp3) is 0.318. The highest BCUT2D eigenvalue weighted by Gasteiger charge is 2.24. The van der Waals surface area contributed by atoms with Crippen LogP contribution in [0.2, 0.25) is 0 Å². The number of piperazine rings is 1. The highest BCUT2D eigenvalue weighted by molar-refractivity contribution is 7.10. The summed E-state index contributed by atoms with van der Waals surface area (Å²) in [5.74, 6) is 0.282. The minimum Gasteiger partial charge on any atom is -0.507 e. The minimum absolute atomic E-state index is 0.282. The van der Waals surface area contributed by atoms with Gasteiger partial charge in [0.1, 0.15) is 5.75 Å². The van der Waals surface area contributed by atoms with E-state index in [2.05, 4.69) is 40.4 Å². The number of phenols is 1. The molecular formula is C22H25N3OS. The second-order valence-corrected chi connectivity index (χ2v) is 8.06. The Bertz CT molecular complexity index is 914. The molecule has 0 saturated carbocycles. The summed E-state index contributed by atoms with van der Waals surface area (Å²) in [6.45, 7) is 5.01. The Morgan fingerprint density at radius 3 is 2.67 bits per heavy atom. The normalized spacial score (nSPS) is 17.7. The molecule has 1 aromatic heterocycles. The largest absolute Gasteiger partial charge is 0.507 e. The maximum absolute atomic E-state index is 10.3. The number of nitrogens with zero attached hydrogens (tertiary/aromatic N) is 3. The predicted octanol–water partition coefficient (Wildman–Crippen LogP) is 4.01. The topological polar surface area (TPSA) is 39.1 Å². The van der Waals surface area contributed by atoms with Gasteiger partial charge in [0.25, 0.3) is 0 Å². The summed E-state index contributed by atoms with van der Waals surface area (Å²) in [5, 5.41) is 14.6. The number of fused-ring (bicyclic) bond motifs is 1. The van der Waals surface area contributed by atoms with E-state index < -0.39 is 0 Å². The number of phenolic OH excluding ortho intramolecular Hbond substituents is 1. The van der Waals surface area contributed by atoms with Crippen LogP contribution < -0.4 is 0 Å². The first-order chi connectivity index (χ1) is 13.2. The second kappa shape index (κ2) is 8.21. The summed E-state index contributed by atoms with van der Waals surface area (Å²) < 4.78 is 0. The summed E-state index contributed by atoms with van der Waals surface area (Å²) in [5.41, 5.74) is 0.802. The van der Waals surface area contributed by atoms with Crippen LogP contribution in [-0.4, -0.2) is 60.9 Å². The number of hydrogen-bond acceptors (Lipinski definition) is 5. The van der Waals surface area contributed by atoms with Crippen LogP contribution in [0, 0.1) is 0 Å². The van der Waals surface area contributed by atoms with Crippen LogP contribution in [0.3, 0.4) is 0 Å². The van der Waals surface area contributed by atoms with E-state index in [0.717, 1.165) is 42.5 Å². The van der Waals surface area contributed by atoms with Gasteiger partial charge < -0.3 is 10.0 Å². The van der Waals surface area contributed by atoms with Crippen molar-refractivity contribution >= 4 is 28.3 Å². The first-order valence-electron chi connectivity index (χ1n) is 9.39. The molecule has 0 aliphatic carbocycles. The Morgan fingerprint density at radius 2 is 1.89 bits per heavy atom. The zero-order valence-electron chi connectivity index (χ0n) is 15.6. The van der Waals surface area contributed by atoms with Crippen LogP contribution in [0.1, 0.15) is 16.5 Å². The van der Waals surface area contributed by atoms with Crippen LogP contribution in [0.25, 0.3) is 10.8 Å². The van der Waals surface area contributed by atoms with Crippen molar-refractivity contribution in [2.75, 3.05) is 39.8 Å². The van der Waals surface area contributed by atoms with Crippen molar-refractivity contribution < 1.29 is 5.11 Å². The highest BCUT2D eigenvalue weighted by Crippen LogP contribution is 2.28. The lowest BCUT2D eigenvalue weighted by atomic mass is 10.0. The molecule has 0 unspecified atom stereocenters. The molecule has 140 valence electrons. The zero-order chi connectivity index (χ0) is 18.6. The smallest absolute Gasteiger partial charge is 0.124 e. The van der Waals surface area contributed by atoms with Gasteiger partial charge >= 0.3 is 0 Å². The Kier molecular flexibility index (Phi) is 5.53. The lowest BCUT2D eigenvalue weighted by Gasteiger charge is -2.37. The fourth-order valence-electron chi connectivity index (χ4n) is 3.66. The quantitative estimate of drug-likeness (QED) is 0.681. The van der Waals surface area contributed by atoms with Crippen molar-refractivity contribution in [1.29, 1.82) is 0 Å². The van der Waals surface area contributed by atoms with Crippen LogP contribution >= 0.6 is 11.3 Å². The molecule has 3 aromatic rings. The molecule has 27 heavy (non-hydrogen) atoms. The van der Waals surface area contributed by atoms with Gasteiger partial charge in [0, 0.05) is 42.8 Å². The first kappa shape index (κ1) is 18.2. The van der Waals surface area contributed by atoms with E-state index in [0.29, 0.717) is 12.6 Å². The lowest BCUT2D eigenvalue weighted by molar-refractivity contribution is 0.116. The summed E-state index contributed by atoms with van der Waals surface area (Å²) in [7, 11) is 2.18. The lowest BCUT2D eigenvalue weighted by Crippen LogP contribution is -2.46. The van der Waals surface area contributed by atoms with Crippen molar-refractivity contribution in [1.82, 2.24) is 9.80 Å². The Labute approximate surface area is 164 Å².